The van der Waals surface area contributed by atoms with Gasteiger partial charge < -0.3 is 10.6 Å². The van der Waals surface area contributed by atoms with Gasteiger partial charge in [0, 0.05) is 15.5 Å². The van der Waals surface area contributed by atoms with Crippen molar-refractivity contribution in [3.8, 4) is 16.5 Å². The number of nitrogens with one attached hydrogen (secondary N) is 2. The molecule has 2 rings (SSSR count). The van der Waals surface area contributed by atoms with Gasteiger partial charge in [-0.15, -0.1) is 11.3 Å². The van der Waals surface area contributed by atoms with Gasteiger partial charge in [-0.3, -0.25) is 9.59 Å². The highest BCUT2D eigenvalue weighted by atomic mass is 35.5. The standard InChI is InChI=1S/C19H20ClN3O2S/c1-12(2)11-15(18(24)22-10-9-21)23-19(25)17-8-7-16(26-17)13-5-3-4-6-14(13)20/h3-8,12,15H,10-11H2,1-2H3,(H,22,24)(H,23,25)/t15-/m0/s1. The Bertz CT molecular complexity index is 826. The quantitative estimate of drug-likeness (QED) is 0.705. The van der Waals surface area contributed by atoms with Crippen LogP contribution in [0.25, 0.3) is 10.4 Å². The summed E-state index contributed by atoms with van der Waals surface area (Å²) in [6.07, 6.45) is 0.492. The summed E-state index contributed by atoms with van der Waals surface area (Å²) in [5, 5.41) is 14.5. The van der Waals surface area contributed by atoms with Gasteiger partial charge in [0.2, 0.25) is 5.91 Å². The molecule has 0 saturated carbocycles. The lowest BCUT2D eigenvalue weighted by Crippen LogP contribution is -2.47. The maximum Gasteiger partial charge on any atom is 0.262 e. The Balaban J connectivity index is 2.13. The predicted octanol–water partition coefficient (Wildman–Crippen LogP) is 3.85. The highest BCUT2D eigenvalue weighted by Gasteiger charge is 2.23. The first-order valence-corrected chi connectivity index (χ1v) is 9.42. The van der Waals surface area contributed by atoms with E-state index in [1.54, 1.807) is 12.1 Å². The predicted molar refractivity (Wildman–Crippen MR) is 104 cm³/mol. The molecule has 1 aromatic heterocycles. The zero-order chi connectivity index (χ0) is 19.1. The molecule has 2 amide bonds. The molecule has 0 aliphatic carbocycles. The molecular weight excluding hydrogens is 370 g/mol. The molecule has 1 aromatic carbocycles. The topological polar surface area (TPSA) is 82.0 Å². The van der Waals surface area contributed by atoms with Crippen molar-refractivity contribution in [2.45, 2.75) is 26.3 Å². The number of nitrogens with zero attached hydrogens (tertiary/aromatic N) is 1. The van der Waals surface area contributed by atoms with E-state index in [2.05, 4.69) is 10.6 Å². The average Bonchev–Trinajstić information content (AvgIpc) is 3.09. The summed E-state index contributed by atoms with van der Waals surface area (Å²) in [6.45, 7) is 3.85. The molecule has 0 unspecified atom stereocenters. The van der Waals surface area contributed by atoms with Crippen LogP contribution in [-0.2, 0) is 4.79 Å². The van der Waals surface area contributed by atoms with E-state index in [0.29, 0.717) is 16.3 Å². The minimum Gasteiger partial charge on any atom is -0.341 e. The number of benzene rings is 1. The van der Waals surface area contributed by atoms with Crippen LogP contribution < -0.4 is 10.6 Å². The fourth-order valence-electron chi connectivity index (χ4n) is 2.45. The largest absolute Gasteiger partial charge is 0.341 e. The second-order valence-corrected chi connectivity index (χ2v) is 7.67. The number of amides is 2. The smallest absolute Gasteiger partial charge is 0.262 e. The minimum absolute atomic E-state index is 0.0844. The van der Waals surface area contributed by atoms with E-state index in [1.807, 2.05) is 44.2 Å². The zero-order valence-electron chi connectivity index (χ0n) is 14.6. The molecule has 0 aliphatic heterocycles. The van der Waals surface area contributed by atoms with Crippen molar-refractivity contribution in [3.05, 3.63) is 46.3 Å². The first kappa shape index (κ1) is 20.0. The summed E-state index contributed by atoms with van der Waals surface area (Å²) in [5.41, 5.74) is 0.865. The second kappa shape index (κ2) is 9.37. The number of rotatable bonds is 7. The van der Waals surface area contributed by atoms with Gasteiger partial charge >= 0.3 is 0 Å². The number of carbonyl (C=O) groups is 2. The maximum absolute atomic E-state index is 12.6. The molecule has 0 aliphatic rings. The lowest BCUT2D eigenvalue weighted by molar-refractivity contribution is -0.123. The number of carbonyl (C=O) groups excluding carboxylic acids is 2. The number of halogens is 1. The van der Waals surface area contributed by atoms with Gasteiger partial charge in [0.25, 0.3) is 5.91 Å². The Morgan fingerprint density at radius 2 is 1.96 bits per heavy atom. The van der Waals surface area contributed by atoms with Crippen molar-refractivity contribution < 1.29 is 9.59 Å². The third-order valence-electron chi connectivity index (χ3n) is 3.64. The molecule has 0 fully saturated rings. The lowest BCUT2D eigenvalue weighted by Gasteiger charge is -2.19. The molecule has 0 radical (unpaired) electrons. The van der Waals surface area contributed by atoms with Crippen molar-refractivity contribution >= 4 is 34.8 Å². The van der Waals surface area contributed by atoms with Crippen LogP contribution in [0.4, 0.5) is 0 Å². The highest BCUT2D eigenvalue weighted by Crippen LogP contribution is 2.33. The molecule has 2 N–H and O–H groups in total. The number of nitriles is 1. The number of hydrogen-bond acceptors (Lipinski definition) is 4. The van der Waals surface area contributed by atoms with Crippen LogP contribution >= 0.6 is 22.9 Å². The normalized spacial score (nSPS) is 11.7. The molecule has 5 nitrogen and oxygen atoms in total. The molecule has 0 saturated heterocycles. The molecule has 1 heterocycles. The summed E-state index contributed by atoms with van der Waals surface area (Å²) < 4.78 is 0. The van der Waals surface area contributed by atoms with E-state index < -0.39 is 6.04 Å². The second-order valence-electron chi connectivity index (χ2n) is 6.18. The number of hydrogen-bond donors (Lipinski definition) is 2. The zero-order valence-corrected chi connectivity index (χ0v) is 16.2. The van der Waals surface area contributed by atoms with Gasteiger partial charge in [0.15, 0.2) is 0 Å². The molecular formula is C19H20ClN3O2S. The van der Waals surface area contributed by atoms with Gasteiger partial charge in [0.1, 0.15) is 12.6 Å². The molecule has 7 heteroatoms. The van der Waals surface area contributed by atoms with E-state index >= 15 is 0 Å². The van der Waals surface area contributed by atoms with Crippen LogP contribution in [0.5, 0.6) is 0 Å². The maximum atomic E-state index is 12.6. The molecule has 26 heavy (non-hydrogen) atoms. The SMILES string of the molecule is CC(C)C[C@H](NC(=O)c1ccc(-c2ccccc2Cl)s1)C(=O)NCC#N. The Morgan fingerprint density at radius 1 is 1.23 bits per heavy atom. The van der Waals surface area contributed by atoms with Crippen molar-refractivity contribution in [2.24, 2.45) is 5.92 Å². The van der Waals surface area contributed by atoms with Gasteiger partial charge in [-0.1, -0.05) is 43.6 Å². The van der Waals surface area contributed by atoms with Crippen LogP contribution in [0.1, 0.15) is 29.9 Å². The van der Waals surface area contributed by atoms with Crippen LogP contribution in [0, 0.1) is 17.2 Å². The molecule has 1 atom stereocenters. The van der Waals surface area contributed by atoms with Crippen molar-refractivity contribution in [2.75, 3.05) is 6.54 Å². The van der Waals surface area contributed by atoms with Crippen LogP contribution in [0.2, 0.25) is 5.02 Å². The first-order chi connectivity index (χ1) is 12.4. The minimum atomic E-state index is -0.679. The lowest BCUT2D eigenvalue weighted by atomic mass is 10.0. The Hall–Kier alpha value is -2.36. The van der Waals surface area contributed by atoms with E-state index in [4.69, 9.17) is 16.9 Å². The van der Waals surface area contributed by atoms with Gasteiger partial charge in [-0.05, 0) is 30.5 Å². The Labute approximate surface area is 162 Å². The molecule has 2 aromatic rings. The molecule has 0 bridgehead atoms. The van der Waals surface area contributed by atoms with Crippen LogP contribution in [0.15, 0.2) is 36.4 Å². The van der Waals surface area contributed by atoms with Gasteiger partial charge in [-0.2, -0.15) is 5.26 Å². The fourth-order valence-corrected chi connectivity index (χ4v) is 3.69. The summed E-state index contributed by atoms with van der Waals surface area (Å²) in [7, 11) is 0. The summed E-state index contributed by atoms with van der Waals surface area (Å²) >= 11 is 7.52. The third kappa shape index (κ3) is 5.32. The van der Waals surface area contributed by atoms with E-state index in [9.17, 15) is 9.59 Å². The average molecular weight is 390 g/mol. The van der Waals surface area contributed by atoms with Crippen LogP contribution in [0.3, 0.4) is 0 Å². The van der Waals surface area contributed by atoms with E-state index in [1.165, 1.54) is 11.3 Å². The summed E-state index contributed by atoms with van der Waals surface area (Å²) in [6, 6.07) is 12.2. The highest BCUT2D eigenvalue weighted by molar-refractivity contribution is 7.17. The van der Waals surface area contributed by atoms with Crippen molar-refractivity contribution in [1.29, 1.82) is 5.26 Å². The third-order valence-corrected chi connectivity index (χ3v) is 5.09. The summed E-state index contributed by atoms with van der Waals surface area (Å²) in [4.78, 5) is 26.1. The van der Waals surface area contributed by atoms with Gasteiger partial charge in [-0.25, -0.2) is 0 Å². The van der Waals surface area contributed by atoms with E-state index in [0.717, 1.165) is 10.4 Å². The summed E-state index contributed by atoms with van der Waals surface area (Å²) in [5.74, 6) is -0.447. The van der Waals surface area contributed by atoms with Crippen LogP contribution in [-0.4, -0.2) is 24.4 Å². The van der Waals surface area contributed by atoms with Gasteiger partial charge in [0.05, 0.1) is 10.9 Å². The Morgan fingerprint density at radius 3 is 2.62 bits per heavy atom. The Kier molecular flexibility index (Phi) is 7.19. The van der Waals surface area contributed by atoms with E-state index in [-0.39, 0.29) is 24.3 Å². The first-order valence-electron chi connectivity index (χ1n) is 8.22. The molecule has 0 spiro atoms. The van der Waals surface area contributed by atoms with Crippen molar-refractivity contribution in [1.82, 2.24) is 10.6 Å². The molecule has 136 valence electrons. The van der Waals surface area contributed by atoms with Crippen molar-refractivity contribution in [3.63, 3.8) is 0 Å². The fraction of sp³-hybridized carbons (Fsp3) is 0.316. The number of thiophene rings is 1. The monoisotopic (exact) mass is 389 g/mol.